The average molecular weight is 420 g/mol. The summed E-state index contributed by atoms with van der Waals surface area (Å²) in [4.78, 5) is 1.90. The third-order valence-corrected chi connectivity index (χ3v) is 5.48. The van der Waals surface area contributed by atoms with Crippen molar-refractivity contribution >= 4 is 21.6 Å². The molecule has 0 fully saturated rings. The number of para-hydroxylation sites is 1. The summed E-state index contributed by atoms with van der Waals surface area (Å²) in [5.41, 5.74) is 4.59. The van der Waals surface area contributed by atoms with Crippen LogP contribution < -0.4 is 4.90 Å². The van der Waals surface area contributed by atoms with E-state index in [-0.39, 0.29) is 5.92 Å². The Morgan fingerprint density at radius 1 is 1.07 bits per heavy atom. The molecule has 0 aromatic heterocycles. The average Bonchev–Trinajstić information content (AvgIpc) is 2.68. The van der Waals surface area contributed by atoms with Gasteiger partial charge in [-0.2, -0.15) is 10.5 Å². The van der Waals surface area contributed by atoms with Crippen LogP contribution in [0.5, 0.6) is 0 Å². The number of nitriles is 2. The Labute approximate surface area is 170 Å². The number of anilines is 1. The van der Waals surface area contributed by atoms with Gasteiger partial charge >= 0.3 is 0 Å². The minimum atomic E-state index is -0.0378. The largest absolute Gasteiger partial charge is 0.336 e. The predicted octanol–water partition coefficient (Wildman–Crippen LogP) is 6.01. The van der Waals surface area contributed by atoms with Crippen LogP contribution in [0.1, 0.15) is 19.4 Å². The SMILES string of the molecule is C/C(=C\C#N)C(Cc1ccccc1Br)/C(C)=C(\C#N)N(C)c1ccccc1. The molecule has 0 saturated heterocycles. The number of halogens is 1. The van der Waals surface area contributed by atoms with Gasteiger partial charge in [-0.25, -0.2) is 0 Å². The topological polar surface area (TPSA) is 50.8 Å². The first-order valence-electron chi connectivity index (χ1n) is 8.69. The summed E-state index contributed by atoms with van der Waals surface area (Å²) < 4.78 is 1.03. The molecule has 2 aromatic rings. The quantitative estimate of drug-likeness (QED) is 0.538. The van der Waals surface area contributed by atoms with E-state index in [9.17, 15) is 5.26 Å². The second-order valence-electron chi connectivity index (χ2n) is 6.40. The highest BCUT2D eigenvalue weighted by Crippen LogP contribution is 2.31. The van der Waals surface area contributed by atoms with E-state index in [0.29, 0.717) is 12.1 Å². The predicted molar refractivity (Wildman–Crippen MR) is 114 cm³/mol. The Morgan fingerprint density at radius 2 is 1.70 bits per heavy atom. The van der Waals surface area contributed by atoms with E-state index in [1.54, 1.807) is 6.08 Å². The molecule has 4 heteroatoms. The molecule has 0 amide bonds. The zero-order valence-electron chi connectivity index (χ0n) is 15.8. The van der Waals surface area contributed by atoms with Crippen molar-refractivity contribution in [2.45, 2.75) is 20.3 Å². The zero-order valence-corrected chi connectivity index (χ0v) is 17.4. The van der Waals surface area contributed by atoms with E-state index in [0.717, 1.165) is 26.9 Å². The van der Waals surface area contributed by atoms with Gasteiger partial charge in [0.2, 0.25) is 0 Å². The molecule has 136 valence electrons. The molecule has 0 N–H and O–H groups in total. The van der Waals surface area contributed by atoms with Crippen molar-refractivity contribution in [3.63, 3.8) is 0 Å². The van der Waals surface area contributed by atoms with Crippen molar-refractivity contribution in [2.75, 3.05) is 11.9 Å². The van der Waals surface area contributed by atoms with Crippen LogP contribution in [-0.2, 0) is 6.42 Å². The molecule has 0 aliphatic rings. The first-order chi connectivity index (χ1) is 13.0. The molecule has 0 aliphatic carbocycles. The monoisotopic (exact) mass is 419 g/mol. The molecule has 0 saturated carbocycles. The van der Waals surface area contributed by atoms with Gasteiger partial charge in [0.25, 0.3) is 0 Å². The molecule has 1 unspecified atom stereocenters. The lowest BCUT2D eigenvalue weighted by Crippen LogP contribution is -2.21. The van der Waals surface area contributed by atoms with E-state index in [4.69, 9.17) is 5.26 Å². The number of rotatable bonds is 6. The summed E-state index contributed by atoms with van der Waals surface area (Å²) in [5, 5.41) is 19.0. The van der Waals surface area contributed by atoms with Crippen molar-refractivity contribution in [3.05, 3.63) is 87.6 Å². The summed E-state index contributed by atoms with van der Waals surface area (Å²) in [7, 11) is 1.90. The second-order valence-corrected chi connectivity index (χ2v) is 7.26. The van der Waals surface area contributed by atoms with Gasteiger partial charge in [0.05, 0.1) is 6.07 Å². The Morgan fingerprint density at radius 3 is 2.30 bits per heavy atom. The van der Waals surface area contributed by atoms with Gasteiger partial charge in [0.1, 0.15) is 11.8 Å². The summed E-state index contributed by atoms with van der Waals surface area (Å²) >= 11 is 3.61. The number of benzene rings is 2. The van der Waals surface area contributed by atoms with Crippen LogP contribution in [0.4, 0.5) is 5.69 Å². The normalized spacial score (nSPS) is 13.2. The molecule has 0 spiro atoms. The Hall–Kier alpha value is -2.82. The highest BCUT2D eigenvalue weighted by atomic mass is 79.9. The highest BCUT2D eigenvalue weighted by molar-refractivity contribution is 9.10. The molecule has 27 heavy (non-hydrogen) atoms. The smallest absolute Gasteiger partial charge is 0.119 e. The number of nitrogens with zero attached hydrogens (tertiary/aromatic N) is 3. The maximum atomic E-state index is 9.87. The Balaban J connectivity index is 2.51. The zero-order chi connectivity index (χ0) is 19.8. The summed E-state index contributed by atoms with van der Waals surface area (Å²) in [6.07, 6.45) is 2.29. The van der Waals surface area contributed by atoms with Gasteiger partial charge in [0, 0.05) is 29.2 Å². The van der Waals surface area contributed by atoms with Crippen LogP contribution in [0.25, 0.3) is 0 Å². The lowest BCUT2D eigenvalue weighted by atomic mass is 9.85. The van der Waals surface area contributed by atoms with Gasteiger partial charge in [-0.05, 0) is 49.6 Å². The van der Waals surface area contributed by atoms with Crippen molar-refractivity contribution < 1.29 is 0 Å². The van der Waals surface area contributed by atoms with Crippen LogP contribution >= 0.6 is 15.9 Å². The Kier molecular flexibility index (Phi) is 7.41. The fourth-order valence-corrected chi connectivity index (χ4v) is 3.56. The van der Waals surface area contributed by atoms with Gasteiger partial charge < -0.3 is 4.90 Å². The summed E-state index contributed by atoms with van der Waals surface area (Å²) in [5.74, 6) is -0.0378. The highest BCUT2D eigenvalue weighted by Gasteiger charge is 2.21. The van der Waals surface area contributed by atoms with E-state index < -0.39 is 0 Å². The molecule has 2 rings (SSSR count). The van der Waals surface area contributed by atoms with Crippen LogP contribution in [0.3, 0.4) is 0 Å². The molecule has 1 atom stereocenters. The maximum Gasteiger partial charge on any atom is 0.119 e. The van der Waals surface area contributed by atoms with E-state index in [2.05, 4.69) is 34.1 Å². The van der Waals surface area contributed by atoms with Gasteiger partial charge in [-0.1, -0.05) is 57.9 Å². The molecule has 2 aromatic carbocycles. The van der Waals surface area contributed by atoms with Gasteiger partial charge in [-0.15, -0.1) is 0 Å². The molecule has 3 nitrogen and oxygen atoms in total. The number of hydrogen-bond acceptors (Lipinski definition) is 3. The maximum absolute atomic E-state index is 9.87. The Bertz CT molecular complexity index is 930. The fourth-order valence-electron chi connectivity index (χ4n) is 3.12. The molecule has 0 bridgehead atoms. The number of hydrogen-bond donors (Lipinski definition) is 0. The van der Waals surface area contributed by atoms with Crippen molar-refractivity contribution in [2.24, 2.45) is 5.92 Å². The van der Waals surface area contributed by atoms with E-state index in [1.165, 1.54) is 0 Å². The minimum Gasteiger partial charge on any atom is -0.336 e. The van der Waals surface area contributed by atoms with Gasteiger partial charge in [0.15, 0.2) is 0 Å². The summed E-state index contributed by atoms with van der Waals surface area (Å²) in [6, 6.07) is 22.4. The van der Waals surface area contributed by atoms with Crippen LogP contribution in [0, 0.1) is 28.6 Å². The van der Waals surface area contributed by atoms with Crippen molar-refractivity contribution in [3.8, 4) is 12.1 Å². The molecule has 0 heterocycles. The third-order valence-electron chi connectivity index (χ3n) is 4.70. The first-order valence-corrected chi connectivity index (χ1v) is 9.48. The van der Waals surface area contributed by atoms with Crippen LogP contribution in [-0.4, -0.2) is 7.05 Å². The van der Waals surface area contributed by atoms with Crippen molar-refractivity contribution in [1.82, 2.24) is 0 Å². The lowest BCUT2D eigenvalue weighted by molar-refractivity contribution is 0.696. The molecular weight excluding hydrogens is 398 g/mol. The van der Waals surface area contributed by atoms with Crippen LogP contribution in [0.2, 0.25) is 0 Å². The molecule has 0 aliphatic heterocycles. The molecule has 0 radical (unpaired) electrons. The molecular formula is C23H22BrN3. The number of allylic oxidation sites excluding steroid dienone is 4. The first kappa shape index (κ1) is 20.5. The third kappa shape index (κ3) is 5.09. The van der Waals surface area contributed by atoms with E-state index >= 15 is 0 Å². The van der Waals surface area contributed by atoms with Gasteiger partial charge in [-0.3, -0.25) is 0 Å². The minimum absolute atomic E-state index is 0.0378. The second kappa shape index (κ2) is 9.76. The van der Waals surface area contributed by atoms with Crippen molar-refractivity contribution in [1.29, 1.82) is 10.5 Å². The fraction of sp³-hybridized carbons (Fsp3) is 0.217. The van der Waals surface area contributed by atoms with E-state index in [1.807, 2.05) is 74.3 Å². The standard InChI is InChI=1S/C23H22BrN3/c1-17(13-14-25)21(15-19-9-7-8-12-22(19)24)18(2)23(16-26)27(3)20-10-5-4-6-11-20/h4-13,21H,15H2,1-3H3/b17-13+,23-18+. The summed E-state index contributed by atoms with van der Waals surface area (Å²) in [6.45, 7) is 3.93. The van der Waals surface area contributed by atoms with Crippen LogP contribution in [0.15, 0.2) is 82.0 Å². The lowest BCUT2D eigenvalue weighted by Gasteiger charge is -2.25.